The van der Waals surface area contributed by atoms with Crippen molar-refractivity contribution in [2.24, 2.45) is 0 Å². The highest BCUT2D eigenvalue weighted by Gasteiger charge is 2.24. The van der Waals surface area contributed by atoms with Crippen molar-refractivity contribution in [2.75, 3.05) is 6.54 Å². The molecule has 4 heteroatoms. The average molecular weight is 271 g/mol. The Morgan fingerprint density at radius 3 is 3.05 bits per heavy atom. The topological polar surface area (TPSA) is 49.9 Å². The number of hydrogen-bond acceptors (Lipinski definition) is 3. The standard InChI is InChI=1S/C16H21N3O/c1-2-8-17-15(16-18-9-10-19-16)12-4-3-5-14(11-12)20-13-6-7-13/h3-5,9-11,13,15,17H,2,6-8H2,1H3,(H,18,19). The summed E-state index contributed by atoms with van der Waals surface area (Å²) in [7, 11) is 0. The molecule has 1 aliphatic rings. The van der Waals surface area contributed by atoms with Gasteiger partial charge in [-0.15, -0.1) is 0 Å². The van der Waals surface area contributed by atoms with Gasteiger partial charge >= 0.3 is 0 Å². The van der Waals surface area contributed by atoms with Gasteiger partial charge in [-0.1, -0.05) is 19.1 Å². The van der Waals surface area contributed by atoms with Crippen LogP contribution in [0.1, 0.15) is 43.6 Å². The maximum atomic E-state index is 5.88. The summed E-state index contributed by atoms with van der Waals surface area (Å²) in [5.74, 6) is 1.90. The third-order valence-electron chi connectivity index (χ3n) is 3.41. The number of H-pyrrole nitrogens is 1. The van der Waals surface area contributed by atoms with E-state index in [1.165, 1.54) is 18.4 Å². The van der Waals surface area contributed by atoms with Crippen LogP contribution in [0.25, 0.3) is 0 Å². The number of hydrogen-bond donors (Lipinski definition) is 2. The van der Waals surface area contributed by atoms with Crippen molar-refractivity contribution in [1.29, 1.82) is 0 Å². The summed E-state index contributed by atoms with van der Waals surface area (Å²) < 4.78 is 5.88. The van der Waals surface area contributed by atoms with Gasteiger partial charge in [0.25, 0.3) is 0 Å². The van der Waals surface area contributed by atoms with Gasteiger partial charge in [0.2, 0.25) is 0 Å². The molecule has 0 amide bonds. The van der Waals surface area contributed by atoms with E-state index in [9.17, 15) is 0 Å². The Balaban J connectivity index is 1.81. The first-order chi connectivity index (χ1) is 9.86. The molecule has 1 aromatic heterocycles. The number of ether oxygens (including phenoxy) is 1. The fraction of sp³-hybridized carbons (Fsp3) is 0.438. The number of imidazole rings is 1. The summed E-state index contributed by atoms with van der Waals surface area (Å²) in [6, 6.07) is 8.41. The van der Waals surface area contributed by atoms with Gasteiger partial charge in [-0.2, -0.15) is 0 Å². The van der Waals surface area contributed by atoms with Crippen LogP contribution >= 0.6 is 0 Å². The van der Waals surface area contributed by atoms with Gasteiger partial charge in [0, 0.05) is 12.4 Å². The molecule has 1 heterocycles. The minimum atomic E-state index is 0.0905. The summed E-state index contributed by atoms with van der Waals surface area (Å²) in [6.07, 6.45) is 7.53. The molecule has 106 valence electrons. The number of rotatable bonds is 7. The van der Waals surface area contributed by atoms with Gasteiger partial charge < -0.3 is 15.0 Å². The number of nitrogens with zero attached hydrogens (tertiary/aromatic N) is 1. The van der Waals surface area contributed by atoms with E-state index >= 15 is 0 Å². The van der Waals surface area contributed by atoms with Crippen LogP contribution in [0.3, 0.4) is 0 Å². The first-order valence-electron chi connectivity index (χ1n) is 7.36. The molecule has 0 saturated heterocycles. The summed E-state index contributed by atoms with van der Waals surface area (Å²) in [4.78, 5) is 7.59. The van der Waals surface area contributed by atoms with Gasteiger partial charge in [0.1, 0.15) is 11.6 Å². The second-order valence-corrected chi connectivity index (χ2v) is 5.25. The van der Waals surface area contributed by atoms with Crippen molar-refractivity contribution in [2.45, 2.75) is 38.3 Å². The maximum Gasteiger partial charge on any atom is 0.127 e. The van der Waals surface area contributed by atoms with E-state index in [0.717, 1.165) is 24.5 Å². The molecule has 0 aliphatic heterocycles. The highest BCUT2D eigenvalue weighted by molar-refractivity contribution is 5.33. The van der Waals surface area contributed by atoms with Crippen LogP contribution in [-0.4, -0.2) is 22.6 Å². The fourth-order valence-electron chi connectivity index (χ4n) is 2.24. The molecule has 1 saturated carbocycles. The Bertz CT molecular complexity index is 534. The molecule has 1 unspecified atom stereocenters. The Labute approximate surface area is 119 Å². The molecule has 1 aromatic carbocycles. The molecule has 1 atom stereocenters. The minimum Gasteiger partial charge on any atom is -0.490 e. The van der Waals surface area contributed by atoms with Crippen molar-refractivity contribution in [3.05, 3.63) is 48.0 Å². The van der Waals surface area contributed by atoms with E-state index in [2.05, 4.69) is 40.4 Å². The average Bonchev–Trinajstić information content (AvgIpc) is 3.11. The second-order valence-electron chi connectivity index (χ2n) is 5.25. The van der Waals surface area contributed by atoms with Gasteiger partial charge in [0.05, 0.1) is 12.1 Å². The van der Waals surface area contributed by atoms with E-state index in [1.807, 2.05) is 12.3 Å². The summed E-state index contributed by atoms with van der Waals surface area (Å²) in [6.45, 7) is 3.12. The molecule has 20 heavy (non-hydrogen) atoms. The third kappa shape index (κ3) is 3.20. The lowest BCUT2D eigenvalue weighted by Crippen LogP contribution is -2.24. The van der Waals surface area contributed by atoms with E-state index in [1.54, 1.807) is 6.20 Å². The van der Waals surface area contributed by atoms with Gasteiger partial charge in [-0.25, -0.2) is 4.98 Å². The lowest BCUT2D eigenvalue weighted by molar-refractivity contribution is 0.302. The zero-order valence-corrected chi connectivity index (χ0v) is 11.8. The summed E-state index contributed by atoms with van der Waals surface area (Å²) in [5.41, 5.74) is 1.19. The van der Waals surface area contributed by atoms with E-state index in [-0.39, 0.29) is 6.04 Å². The van der Waals surface area contributed by atoms with Crippen molar-refractivity contribution in [1.82, 2.24) is 15.3 Å². The number of aromatic nitrogens is 2. The predicted molar refractivity (Wildman–Crippen MR) is 78.8 cm³/mol. The molecular weight excluding hydrogens is 250 g/mol. The second kappa shape index (κ2) is 6.09. The zero-order valence-electron chi connectivity index (χ0n) is 11.8. The van der Waals surface area contributed by atoms with Crippen molar-refractivity contribution in [3.63, 3.8) is 0 Å². The lowest BCUT2D eigenvalue weighted by atomic mass is 10.1. The normalized spacial score (nSPS) is 16.1. The molecule has 1 fully saturated rings. The fourth-order valence-corrected chi connectivity index (χ4v) is 2.24. The van der Waals surface area contributed by atoms with E-state index < -0.39 is 0 Å². The van der Waals surface area contributed by atoms with Crippen LogP contribution in [-0.2, 0) is 0 Å². The molecule has 0 spiro atoms. The van der Waals surface area contributed by atoms with Crippen LogP contribution in [0.4, 0.5) is 0 Å². The minimum absolute atomic E-state index is 0.0905. The monoisotopic (exact) mass is 271 g/mol. The number of aromatic amines is 1. The number of benzene rings is 1. The molecule has 3 rings (SSSR count). The Morgan fingerprint density at radius 1 is 1.45 bits per heavy atom. The van der Waals surface area contributed by atoms with Crippen LogP contribution in [0, 0.1) is 0 Å². The quantitative estimate of drug-likeness (QED) is 0.813. The van der Waals surface area contributed by atoms with Crippen LogP contribution in [0.2, 0.25) is 0 Å². The highest BCUT2D eigenvalue weighted by Crippen LogP contribution is 2.29. The molecule has 0 radical (unpaired) electrons. The first-order valence-corrected chi connectivity index (χ1v) is 7.36. The molecule has 4 nitrogen and oxygen atoms in total. The Morgan fingerprint density at radius 2 is 2.35 bits per heavy atom. The maximum absolute atomic E-state index is 5.88. The van der Waals surface area contributed by atoms with Crippen LogP contribution < -0.4 is 10.1 Å². The SMILES string of the molecule is CCCNC(c1cccc(OC2CC2)c1)c1ncc[nH]1. The van der Waals surface area contributed by atoms with Gasteiger partial charge in [-0.05, 0) is 43.5 Å². The zero-order chi connectivity index (χ0) is 13.8. The Hall–Kier alpha value is -1.81. The largest absolute Gasteiger partial charge is 0.490 e. The van der Waals surface area contributed by atoms with Gasteiger partial charge in [0.15, 0.2) is 0 Å². The number of nitrogens with one attached hydrogen (secondary N) is 2. The van der Waals surface area contributed by atoms with Crippen LogP contribution in [0.15, 0.2) is 36.7 Å². The molecule has 2 aromatic rings. The van der Waals surface area contributed by atoms with Gasteiger partial charge in [-0.3, -0.25) is 0 Å². The predicted octanol–water partition coefficient (Wildman–Crippen LogP) is 3.04. The summed E-state index contributed by atoms with van der Waals surface area (Å²) in [5, 5.41) is 3.53. The third-order valence-corrected chi connectivity index (χ3v) is 3.41. The Kier molecular flexibility index (Phi) is 4.02. The van der Waals surface area contributed by atoms with E-state index in [0.29, 0.717) is 6.10 Å². The molecule has 0 bridgehead atoms. The van der Waals surface area contributed by atoms with Crippen LogP contribution in [0.5, 0.6) is 5.75 Å². The highest BCUT2D eigenvalue weighted by atomic mass is 16.5. The smallest absolute Gasteiger partial charge is 0.127 e. The molecular formula is C16H21N3O. The molecule has 2 N–H and O–H groups in total. The lowest BCUT2D eigenvalue weighted by Gasteiger charge is -2.17. The molecule has 1 aliphatic carbocycles. The van der Waals surface area contributed by atoms with E-state index in [4.69, 9.17) is 4.74 Å². The summed E-state index contributed by atoms with van der Waals surface area (Å²) >= 11 is 0. The first kappa shape index (κ1) is 13.2. The van der Waals surface area contributed by atoms with Crippen molar-refractivity contribution < 1.29 is 4.74 Å². The van der Waals surface area contributed by atoms with Crippen molar-refractivity contribution >= 4 is 0 Å². The van der Waals surface area contributed by atoms with Crippen molar-refractivity contribution in [3.8, 4) is 5.75 Å².